The highest BCUT2D eigenvalue weighted by molar-refractivity contribution is 5.89. The number of hydrogen-bond donors (Lipinski definition) is 0. The molecule has 19 heavy (non-hydrogen) atoms. The second-order valence-electron chi connectivity index (χ2n) is 4.71. The largest absolute Gasteiger partial charge is 0.465 e. The number of hydrogen-bond acceptors (Lipinski definition) is 4. The van der Waals surface area contributed by atoms with Crippen LogP contribution in [0, 0.1) is 0 Å². The highest BCUT2D eigenvalue weighted by atomic mass is 16.5. The molecule has 102 valence electrons. The summed E-state index contributed by atoms with van der Waals surface area (Å²) in [5.74, 6) is -0.182. The minimum absolute atomic E-state index is 0.150. The summed E-state index contributed by atoms with van der Waals surface area (Å²) in [6, 6.07) is 7.29. The van der Waals surface area contributed by atoms with Crippen LogP contribution in [0.4, 0.5) is 0 Å². The maximum atomic E-state index is 11.6. The van der Waals surface area contributed by atoms with E-state index in [4.69, 9.17) is 0 Å². The van der Waals surface area contributed by atoms with E-state index in [0.717, 1.165) is 25.2 Å². The van der Waals surface area contributed by atoms with Gasteiger partial charge in [0.2, 0.25) is 5.91 Å². The first kappa shape index (κ1) is 13.5. The molecule has 5 heteroatoms. The van der Waals surface area contributed by atoms with Crippen LogP contribution in [0.5, 0.6) is 0 Å². The summed E-state index contributed by atoms with van der Waals surface area (Å²) in [6.07, 6.45) is 0. The van der Waals surface area contributed by atoms with Crippen LogP contribution in [0.3, 0.4) is 0 Å². The van der Waals surface area contributed by atoms with E-state index in [9.17, 15) is 9.59 Å². The Hall–Kier alpha value is -1.88. The number of ether oxygens (including phenoxy) is 1. The average molecular weight is 262 g/mol. The number of benzene rings is 1. The third-order valence-electron chi connectivity index (χ3n) is 3.32. The van der Waals surface area contributed by atoms with E-state index in [1.165, 1.54) is 7.11 Å². The minimum Gasteiger partial charge on any atom is -0.465 e. The van der Waals surface area contributed by atoms with E-state index in [2.05, 4.69) is 9.64 Å². The molecule has 0 aliphatic carbocycles. The third kappa shape index (κ3) is 3.32. The lowest BCUT2D eigenvalue weighted by Gasteiger charge is -2.31. The Balaban J connectivity index is 1.96. The van der Waals surface area contributed by atoms with Gasteiger partial charge in [0, 0.05) is 26.7 Å². The molecule has 1 fully saturated rings. The molecule has 0 spiro atoms. The molecule has 0 atom stereocenters. The second-order valence-corrected chi connectivity index (χ2v) is 4.71. The number of methoxy groups -OCH3 is 1. The van der Waals surface area contributed by atoms with Crippen molar-refractivity contribution in [1.82, 2.24) is 9.80 Å². The van der Waals surface area contributed by atoms with Crippen LogP contribution >= 0.6 is 0 Å². The summed E-state index contributed by atoms with van der Waals surface area (Å²) in [5.41, 5.74) is 1.63. The van der Waals surface area contributed by atoms with Gasteiger partial charge in [-0.15, -0.1) is 0 Å². The Bertz CT molecular complexity index is 470. The first-order valence-corrected chi connectivity index (χ1v) is 6.23. The topological polar surface area (TPSA) is 49.9 Å². The zero-order chi connectivity index (χ0) is 13.8. The molecule has 1 aliphatic rings. The molecule has 0 saturated carbocycles. The Labute approximate surface area is 112 Å². The highest BCUT2D eigenvalue weighted by Crippen LogP contribution is 2.10. The maximum Gasteiger partial charge on any atom is 0.337 e. The summed E-state index contributed by atoms with van der Waals surface area (Å²) in [5, 5.41) is 0. The van der Waals surface area contributed by atoms with Crippen LogP contribution in [-0.2, 0) is 16.1 Å². The van der Waals surface area contributed by atoms with Gasteiger partial charge < -0.3 is 9.64 Å². The fraction of sp³-hybridized carbons (Fsp3) is 0.429. The molecule has 1 saturated heterocycles. The van der Waals surface area contributed by atoms with Gasteiger partial charge in [-0.25, -0.2) is 4.79 Å². The summed E-state index contributed by atoms with van der Waals surface area (Å²) >= 11 is 0. The first-order chi connectivity index (χ1) is 9.10. The Morgan fingerprint density at radius 1 is 1.26 bits per heavy atom. The molecule has 1 heterocycles. The van der Waals surface area contributed by atoms with Crippen molar-refractivity contribution in [2.75, 3.05) is 33.8 Å². The van der Waals surface area contributed by atoms with Crippen molar-refractivity contribution in [2.45, 2.75) is 6.54 Å². The van der Waals surface area contributed by atoms with E-state index >= 15 is 0 Å². The Morgan fingerprint density at radius 2 is 1.95 bits per heavy atom. The molecule has 0 unspecified atom stereocenters. The van der Waals surface area contributed by atoms with E-state index in [1.54, 1.807) is 17.0 Å². The monoisotopic (exact) mass is 262 g/mol. The van der Waals surface area contributed by atoms with Crippen molar-refractivity contribution >= 4 is 11.9 Å². The van der Waals surface area contributed by atoms with Gasteiger partial charge in [-0.1, -0.05) is 12.1 Å². The van der Waals surface area contributed by atoms with Gasteiger partial charge >= 0.3 is 5.97 Å². The van der Waals surface area contributed by atoms with Crippen LogP contribution in [0.15, 0.2) is 24.3 Å². The van der Waals surface area contributed by atoms with Gasteiger partial charge in [0.05, 0.1) is 19.2 Å². The van der Waals surface area contributed by atoms with Crippen LogP contribution < -0.4 is 0 Å². The van der Waals surface area contributed by atoms with Gasteiger partial charge in [-0.2, -0.15) is 0 Å². The van der Waals surface area contributed by atoms with Crippen molar-refractivity contribution in [3.63, 3.8) is 0 Å². The SMILES string of the molecule is COC(=O)c1ccc(CN2CCN(C)C(=O)C2)cc1. The van der Waals surface area contributed by atoms with Gasteiger partial charge in [0.15, 0.2) is 0 Å². The number of carbonyl (C=O) groups excluding carboxylic acids is 2. The molecular weight excluding hydrogens is 244 g/mol. The number of likely N-dealkylation sites (N-methyl/N-ethyl adjacent to an activating group) is 1. The molecule has 5 nitrogen and oxygen atoms in total. The lowest BCUT2D eigenvalue weighted by atomic mass is 10.1. The molecule has 1 amide bonds. The van der Waals surface area contributed by atoms with E-state index in [-0.39, 0.29) is 11.9 Å². The standard InChI is InChI=1S/C14H18N2O3/c1-15-7-8-16(10-13(15)17)9-11-3-5-12(6-4-11)14(18)19-2/h3-6H,7-10H2,1-2H3. The van der Waals surface area contributed by atoms with Crippen LogP contribution in [0.25, 0.3) is 0 Å². The molecule has 1 aliphatic heterocycles. The van der Waals surface area contributed by atoms with Crippen molar-refractivity contribution in [3.05, 3.63) is 35.4 Å². The zero-order valence-corrected chi connectivity index (χ0v) is 11.3. The van der Waals surface area contributed by atoms with Gasteiger partial charge in [0.1, 0.15) is 0 Å². The molecule has 0 N–H and O–H groups in total. The molecule has 1 aromatic carbocycles. The Kier molecular flexibility index (Phi) is 4.16. The average Bonchev–Trinajstić information content (AvgIpc) is 2.43. The fourth-order valence-corrected chi connectivity index (χ4v) is 2.06. The number of amides is 1. The molecule has 0 aromatic heterocycles. The van der Waals surface area contributed by atoms with Crippen LogP contribution in [0.1, 0.15) is 15.9 Å². The summed E-state index contributed by atoms with van der Waals surface area (Å²) in [7, 11) is 3.19. The lowest BCUT2D eigenvalue weighted by Crippen LogP contribution is -2.47. The lowest BCUT2D eigenvalue weighted by molar-refractivity contribution is -0.134. The normalized spacial score (nSPS) is 16.5. The Morgan fingerprint density at radius 3 is 2.53 bits per heavy atom. The second kappa shape index (κ2) is 5.84. The van der Waals surface area contributed by atoms with E-state index in [1.807, 2.05) is 19.2 Å². The van der Waals surface area contributed by atoms with Crippen molar-refractivity contribution < 1.29 is 14.3 Å². The zero-order valence-electron chi connectivity index (χ0n) is 11.3. The minimum atomic E-state index is -0.332. The number of esters is 1. The van der Waals surface area contributed by atoms with Gasteiger partial charge in [0.25, 0.3) is 0 Å². The number of carbonyl (C=O) groups is 2. The predicted molar refractivity (Wildman–Crippen MR) is 70.7 cm³/mol. The molecule has 0 radical (unpaired) electrons. The summed E-state index contributed by atoms with van der Waals surface area (Å²) < 4.78 is 4.65. The highest BCUT2D eigenvalue weighted by Gasteiger charge is 2.20. The smallest absolute Gasteiger partial charge is 0.337 e. The maximum absolute atomic E-state index is 11.6. The fourth-order valence-electron chi connectivity index (χ4n) is 2.06. The summed E-state index contributed by atoms with van der Waals surface area (Å²) in [6.45, 7) is 2.82. The van der Waals surface area contributed by atoms with Crippen molar-refractivity contribution in [3.8, 4) is 0 Å². The predicted octanol–water partition coefficient (Wildman–Crippen LogP) is 0.747. The number of nitrogens with zero attached hydrogens (tertiary/aromatic N) is 2. The molecule has 2 rings (SSSR count). The van der Waals surface area contributed by atoms with Crippen LogP contribution in [-0.4, -0.2) is 55.5 Å². The molecule has 0 bridgehead atoms. The summed E-state index contributed by atoms with van der Waals surface area (Å²) in [4.78, 5) is 26.8. The number of rotatable bonds is 3. The van der Waals surface area contributed by atoms with E-state index in [0.29, 0.717) is 12.1 Å². The van der Waals surface area contributed by atoms with Gasteiger partial charge in [-0.3, -0.25) is 9.69 Å². The third-order valence-corrected chi connectivity index (χ3v) is 3.32. The quantitative estimate of drug-likeness (QED) is 0.754. The van der Waals surface area contributed by atoms with Crippen LogP contribution in [0.2, 0.25) is 0 Å². The number of piperazine rings is 1. The van der Waals surface area contributed by atoms with E-state index < -0.39 is 0 Å². The molecule has 1 aromatic rings. The van der Waals surface area contributed by atoms with Crippen molar-refractivity contribution in [1.29, 1.82) is 0 Å². The molecular formula is C14H18N2O3. The van der Waals surface area contributed by atoms with Gasteiger partial charge in [-0.05, 0) is 17.7 Å². The van der Waals surface area contributed by atoms with Crippen molar-refractivity contribution in [2.24, 2.45) is 0 Å². The first-order valence-electron chi connectivity index (χ1n) is 6.23.